The van der Waals surface area contributed by atoms with Crippen molar-refractivity contribution in [2.24, 2.45) is 7.05 Å². The van der Waals surface area contributed by atoms with E-state index in [1.165, 1.54) is 19.3 Å². The van der Waals surface area contributed by atoms with Gasteiger partial charge in [-0.25, -0.2) is 0 Å². The molecule has 0 aromatic carbocycles. The number of amides is 1. The van der Waals surface area contributed by atoms with Gasteiger partial charge >= 0.3 is 0 Å². The van der Waals surface area contributed by atoms with Crippen LogP contribution < -0.4 is 0 Å². The van der Waals surface area contributed by atoms with Gasteiger partial charge in [0, 0.05) is 25.0 Å². The molecule has 2 aliphatic rings. The molecule has 2 fully saturated rings. The molecular formula is C16H26N4OS. The minimum atomic E-state index is -0.113. The number of carbonyl (C=O) groups excluding carboxylic acids is 1. The van der Waals surface area contributed by atoms with E-state index in [1.807, 2.05) is 14.0 Å². The lowest BCUT2D eigenvalue weighted by Gasteiger charge is -2.40. The van der Waals surface area contributed by atoms with Crippen LogP contribution in [0.4, 0.5) is 0 Å². The van der Waals surface area contributed by atoms with Gasteiger partial charge in [-0.1, -0.05) is 11.8 Å². The summed E-state index contributed by atoms with van der Waals surface area (Å²) in [5, 5.41) is 9.34. The molecule has 6 heteroatoms. The summed E-state index contributed by atoms with van der Waals surface area (Å²) in [6, 6.07) is 0.696. The molecule has 2 heterocycles. The second-order valence-corrected chi connectivity index (χ2v) is 8.12. The van der Waals surface area contributed by atoms with E-state index in [4.69, 9.17) is 0 Å². The Kier molecular flexibility index (Phi) is 4.48. The van der Waals surface area contributed by atoms with Gasteiger partial charge in [0.1, 0.15) is 5.82 Å². The van der Waals surface area contributed by atoms with Gasteiger partial charge in [0.05, 0.1) is 5.25 Å². The predicted octanol–water partition coefficient (Wildman–Crippen LogP) is 2.96. The lowest BCUT2D eigenvalue weighted by atomic mass is 9.97. The average Bonchev–Trinajstić information content (AvgIpc) is 3.25. The first kappa shape index (κ1) is 15.8. The van der Waals surface area contributed by atoms with Gasteiger partial charge in [-0.2, -0.15) is 0 Å². The summed E-state index contributed by atoms with van der Waals surface area (Å²) in [4.78, 5) is 14.9. The molecule has 1 aromatic rings. The van der Waals surface area contributed by atoms with Crippen LogP contribution in [0.3, 0.4) is 0 Å². The largest absolute Gasteiger partial charge is 0.336 e. The Morgan fingerprint density at radius 1 is 1.18 bits per heavy atom. The summed E-state index contributed by atoms with van der Waals surface area (Å²) in [5.74, 6) is 1.89. The van der Waals surface area contributed by atoms with E-state index in [9.17, 15) is 4.79 Å². The van der Waals surface area contributed by atoms with Crippen LogP contribution in [0.25, 0.3) is 0 Å². The minimum absolute atomic E-state index is 0.113. The zero-order chi connectivity index (χ0) is 15.9. The molecule has 122 valence electrons. The second kappa shape index (κ2) is 6.22. The number of carbonyl (C=O) groups is 1. The molecule has 3 atom stereocenters. The van der Waals surface area contributed by atoms with Crippen LogP contribution in [0, 0.1) is 0 Å². The maximum Gasteiger partial charge on any atom is 0.236 e. The van der Waals surface area contributed by atoms with Crippen molar-refractivity contribution in [3.05, 3.63) is 5.82 Å². The molecule has 1 saturated heterocycles. The predicted molar refractivity (Wildman–Crippen MR) is 87.9 cm³/mol. The number of thioether (sulfide) groups is 1. The molecule has 1 saturated carbocycles. The van der Waals surface area contributed by atoms with E-state index >= 15 is 0 Å². The van der Waals surface area contributed by atoms with Gasteiger partial charge in [0.15, 0.2) is 5.16 Å². The molecule has 0 spiro atoms. The number of piperidine rings is 1. The highest BCUT2D eigenvalue weighted by Gasteiger charge is 2.34. The van der Waals surface area contributed by atoms with Crippen LogP contribution in [0.5, 0.6) is 0 Å². The topological polar surface area (TPSA) is 51.0 Å². The Balaban J connectivity index is 1.68. The summed E-state index contributed by atoms with van der Waals surface area (Å²) in [5.41, 5.74) is 0. The number of aromatic nitrogens is 3. The fourth-order valence-corrected chi connectivity index (χ4v) is 4.28. The number of hydrogen-bond acceptors (Lipinski definition) is 4. The maximum atomic E-state index is 12.8. The summed E-state index contributed by atoms with van der Waals surface area (Å²) in [7, 11) is 2.01. The van der Waals surface area contributed by atoms with E-state index < -0.39 is 0 Å². The van der Waals surface area contributed by atoms with Crippen molar-refractivity contribution >= 4 is 17.7 Å². The summed E-state index contributed by atoms with van der Waals surface area (Å²) >= 11 is 1.54. The van der Waals surface area contributed by atoms with Crippen LogP contribution in [-0.2, 0) is 11.8 Å². The normalized spacial score (nSPS) is 27.0. The van der Waals surface area contributed by atoms with Crippen LogP contribution in [0.15, 0.2) is 5.16 Å². The highest BCUT2D eigenvalue weighted by atomic mass is 32.2. The lowest BCUT2D eigenvalue weighted by Crippen LogP contribution is -2.50. The van der Waals surface area contributed by atoms with Gasteiger partial charge < -0.3 is 9.47 Å². The number of hydrogen-bond donors (Lipinski definition) is 0. The number of likely N-dealkylation sites (tertiary alicyclic amines) is 1. The third kappa shape index (κ3) is 3.03. The van der Waals surface area contributed by atoms with Crippen molar-refractivity contribution in [3.63, 3.8) is 0 Å². The van der Waals surface area contributed by atoms with Crippen molar-refractivity contribution in [1.82, 2.24) is 19.7 Å². The van der Waals surface area contributed by atoms with Crippen LogP contribution in [0.2, 0.25) is 0 Å². The average molecular weight is 322 g/mol. The molecule has 0 N–H and O–H groups in total. The second-order valence-electron chi connectivity index (χ2n) is 6.81. The molecule has 0 unspecified atom stereocenters. The van der Waals surface area contributed by atoms with Crippen molar-refractivity contribution in [1.29, 1.82) is 0 Å². The Bertz CT molecular complexity index is 544. The van der Waals surface area contributed by atoms with E-state index in [0.29, 0.717) is 18.0 Å². The van der Waals surface area contributed by atoms with E-state index in [2.05, 4.69) is 33.5 Å². The fourth-order valence-electron chi connectivity index (χ4n) is 3.40. The molecule has 1 aromatic heterocycles. The van der Waals surface area contributed by atoms with Gasteiger partial charge in [-0.3, -0.25) is 4.79 Å². The molecule has 0 bridgehead atoms. The Morgan fingerprint density at radius 2 is 1.82 bits per heavy atom. The monoisotopic (exact) mass is 322 g/mol. The maximum absolute atomic E-state index is 12.8. The van der Waals surface area contributed by atoms with Crippen LogP contribution >= 0.6 is 11.8 Å². The number of rotatable bonds is 4. The first-order chi connectivity index (χ1) is 10.5. The van der Waals surface area contributed by atoms with E-state index in [0.717, 1.165) is 23.8 Å². The molecular weight excluding hydrogens is 296 g/mol. The first-order valence-corrected chi connectivity index (χ1v) is 9.25. The summed E-state index contributed by atoms with van der Waals surface area (Å²) in [6.45, 7) is 6.32. The van der Waals surface area contributed by atoms with E-state index in [-0.39, 0.29) is 11.2 Å². The van der Waals surface area contributed by atoms with Crippen molar-refractivity contribution in [2.45, 2.75) is 81.3 Å². The van der Waals surface area contributed by atoms with Crippen LogP contribution in [-0.4, -0.2) is 42.9 Å². The molecule has 1 aliphatic carbocycles. The van der Waals surface area contributed by atoms with Crippen molar-refractivity contribution in [2.75, 3.05) is 0 Å². The quantitative estimate of drug-likeness (QED) is 0.800. The van der Waals surface area contributed by atoms with Crippen LogP contribution in [0.1, 0.15) is 64.6 Å². The molecule has 3 rings (SSSR count). The van der Waals surface area contributed by atoms with Crippen molar-refractivity contribution < 1.29 is 4.79 Å². The molecule has 22 heavy (non-hydrogen) atoms. The Morgan fingerprint density at radius 3 is 2.41 bits per heavy atom. The first-order valence-electron chi connectivity index (χ1n) is 8.37. The Hall–Kier alpha value is -1.04. The third-order valence-corrected chi connectivity index (χ3v) is 6.01. The molecule has 1 aliphatic heterocycles. The SMILES string of the molecule is C[C@@H]1CCC[C@@H](C)N1C(=O)[C@@H](C)Sc1nnc(C2CC2)n1C. The van der Waals surface area contributed by atoms with Gasteiger partial charge in [0.25, 0.3) is 0 Å². The van der Waals surface area contributed by atoms with Gasteiger partial charge in [-0.15, -0.1) is 10.2 Å². The van der Waals surface area contributed by atoms with Gasteiger partial charge in [-0.05, 0) is 52.9 Å². The smallest absolute Gasteiger partial charge is 0.236 e. The number of nitrogens with zero attached hydrogens (tertiary/aromatic N) is 4. The highest BCUT2D eigenvalue weighted by Crippen LogP contribution is 2.40. The standard InChI is InChI=1S/C16H26N4OS/c1-10-6-5-7-11(2)20(10)15(21)12(3)22-16-18-17-14(19(16)4)13-8-9-13/h10-13H,5-9H2,1-4H3/t10-,11-,12-/m1/s1. The fraction of sp³-hybridized carbons (Fsp3) is 0.812. The molecule has 1 amide bonds. The highest BCUT2D eigenvalue weighted by molar-refractivity contribution is 8.00. The summed E-state index contributed by atoms with van der Waals surface area (Å²) in [6.07, 6.45) is 5.88. The lowest BCUT2D eigenvalue weighted by molar-refractivity contribution is -0.136. The van der Waals surface area contributed by atoms with Crippen molar-refractivity contribution in [3.8, 4) is 0 Å². The zero-order valence-electron chi connectivity index (χ0n) is 14.0. The minimum Gasteiger partial charge on any atom is -0.336 e. The molecule has 5 nitrogen and oxygen atoms in total. The van der Waals surface area contributed by atoms with Gasteiger partial charge in [0.2, 0.25) is 5.91 Å². The third-order valence-electron chi connectivity index (χ3n) is 4.89. The summed E-state index contributed by atoms with van der Waals surface area (Å²) < 4.78 is 2.06. The Labute approximate surface area is 136 Å². The molecule has 0 radical (unpaired) electrons. The van der Waals surface area contributed by atoms with E-state index in [1.54, 1.807) is 11.8 Å². The zero-order valence-corrected chi connectivity index (χ0v) is 14.8.